The Labute approximate surface area is 200 Å². The number of nitriles is 1. The molecule has 0 saturated heterocycles. The number of nitrogens with zero attached hydrogens (tertiary/aromatic N) is 1. The van der Waals surface area contributed by atoms with Gasteiger partial charge in [0.2, 0.25) is 6.10 Å². The third kappa shape index (κ3) is 8.05. The van der Waals surface area contributed by atoms with Crippen LogP contribution in [0.25, 0.3) is 0 Å². The van der Waals surface area contributed by atoms with E-state index in [-0.39, 0.29) is 24.2 Å². The molecule has 0 aliphatic rings. The SMILES string of the molecule is CC(C)(CC(=O)OC(C#N)c1ccc(F)c(Oc2ccccc2)c1)C(Cl)CC(Cl)(Cl)Cl. The number of esters is 1. The second-order valence-corrected chi connectivity index (χ2v) is 10.6. The third-order valence-electron chi connectivity index (χ3n) is 4.45. The van der Waals surface area contributed by atoms with Gasteiger partial charge in [-0.15, -0.1) is 11.6 Å². The standard InChI is InChI=1S/C22H20Cl4FNO3/c1-21(2,19(23)11-22(24,25)26)12-20(29)31-18(13-28)14-8-9-16(27)17(10-14)30-15-6-4-3-5-7-15/h3-10,18-19H,11-12H2,1-2H3. The van der Waals surface area contributed by atoms with Gasteiger partial charge in [0.1, 0.15) is 11.8 Å². The van der Waals surface area contributed by atoms with Crippen molar-refractivity contribution in [1.29, 1.82) is 5.26 Å². The van der Waals surface area contributed by atoms with Crippen molar-refractivity contribution in [2.45, 2.75) is 42.0 Å². The van der Waals surface area contributed by atoms with Crippen LogP contribution in [-0.2, 0) is 9.53 Å². The van der Waals surface area contributed by atoms with Crippen LogP contribution < -0.4 is 4.74 Å². The maximum Gasteiger partial charge on any atom is 0.308 e. The zero-order chi connectivity index (χ0) is 23.2. The van der Waals surface area contributed by atoms with Gasteiger partial charge in [-0.25, -0.2) is 4.39 Å². The predicted octanol–water partition coefficient (Wildman–Crippen LogP) is 7.51. The van der Waals surface area contributed by atoms with E-state index in [4.69, 9.17) is 55.9 Å². The Morgan fingerprint density at radius 2 is 1.81 bits per heavy atom. The van der Waals surface area contributed by atoms with E-state index >= 15 is 0 Å². The molecule has 2 aromatic rings. The Bertz CT molecular complexity index is 942. The summed E-state index contributed by atoms with van der Waals surface area (Å²) in [4.78, 5) is 12.5. The van der Waals surface area contributed by atoms with Crippen molar-refractivity contribution >= 4 is 52.4 Å². The smallest absolute Gasteiger partial charge is 0.308 e. The molecule has 0 aliphatic carbocycles. The number of halogens is 5. The van der Waals surface area contributed by atoms with Gasteiger partial charge in [-0.3, -0.25) is 4.79 Å². The summed E-state index contributed by atoms with van der Waals surface area (Å²) in [6.07, 6.45) is -1.35. The first-order chi connectivity index (χ1) is 14.4. The Morgan fingerprint density at radius 3 is 2.39 bits per heavy atom. The van der Waals surface area contributed by atoms with E-state index in [1.54, 1.807) is 44.2 Å². The first-order valence-corrected chi connectivity index (χ1v) is 10.8. The van der Waals surface area contributed by atoms with Gasteiger partial charge >= 0.3 is 5.97 Å². The molecule has 2 rings (SSSR count). The van der Waals surface area contributed by atoms with Crippen LogP contribution >= 0.6 is 46.4 Å². The molecule has 9 heteroatoms. The fourth-order valence-electron chi connectivity index (χ4n) is 2.68. The van der Waals surface area contributed by atoms with Crippen molar-refractivity contribution in [3.05, 3.63) is 59.9 Å². The highest BCUT2D eigenvalue weighted by Crippen LogP contribution is 2.41. The van der Waals surface area contributed by atoms with Crippen LogP contribution in [-0.4, -0.2) is 15.1 Å². The third-order valence-corrected chi connectivity index (χ3v) is 5.66. The molecular formula is C22H20Cl4FNO3. The van der Waals surface area contributed by atoms with Gasteiger partial charge in [0.05, 0.1) is 6.42 Å². The number of benzene rings is 2. The summed E-state index contributed by atoms with van der Waals surface area (Å²) in [5.74, 6) is -0.952. The van der Waals surface area contributed by atoms with Crippen LogP contribution in [0.3, 0.4) is 0 Å². The van der Waals surface area contributed by atoms with Crippen molar-refractivity contribution in [3.8, 4) is 17.6 Å². The maximum absolute atomic E-state index is 14.2. The Morgan fingerprint density at radius 1 is 1.16 bits per heavy atom. The quantitative estimate of drug-likeness (QED) is 0.274. The highest BCUT2D eigenvalue weighted by molar-refractivity contribution is 6.67. The molecule has 0 fully saturated rings. The number of ether oxygens (including phenoxy) is 2. The largest absolute Gasteiger partial charge is 0.454 e. The lowest BCUT2D eigenvalue weighted by molar-refractivity contribution is -0.149. The number of carbonyl (C=O) groups is 1. The van der Waals surface area contributed by atoms with Crippen molar-refractivity contribution < 1.29 is 18.7 Å². The molecule has 2 unspecified atom stereocenters. The Kier molecular flexibility index (Phi) is 8.85. The lowest BCUT2D eigenvalue weighted by Gasteiger charge is -2.31. The van der Waals surface area contributed by atoms with Gasteiger partial charge in [-0.05, 0) is 29.7 Å². The number of rotatable bonds is 8. The number of alkyl halides is 4. The van der Waals surface area contributed by atoms with E-state index in [1.165, 1.54) is 12.1 Å². The first kappa shape index (κ1) is 25.5. The summed E-state index contributed by atoms with van der Waals surface area (Å²) >= 11 is 23.7. The van der Waals surface area contributed by atoms with E-state index < -0.39 is 32.5 Å². The van der Waals surface area contributed by atoms with Crippen molar-refractivity contribution in [1.82, 2.24) is 0 Å². The molecule has 0 aliphatic heterocycles. The highest BCUT2D eigenvalue weighted by atomic mass is 35.6. The lowest BCUT2D eigenvalue weighted by atomic mass is 9.84. The first-order valence-electron chi connectivity index (χ1n) is 9.23. The average Bonchev–Trinajstić information content (AvgIpc) is 2.67. The van der Waals surface area contributed by atoms with Crippen LogP contribution in [0.15, 0.2) is 48.5 Å². The minimum absolute atomic E-state index is 0.0271. The monoisotopic (exact) mass is 505 g/mol. The lowest BCUT2D eigenvalue weighted by Crippen LogP contribution is -2.32. The summed E-state index contributed by atoms with van der Waals surface area (Å²) in [5.41, 5.74) is -0.503. The van der Waals surface area contributed by atoms with E-state index in [2.05, 4.69) is 0 Å². The molecule has 0 amide bonds. The number of hydrogen-bond acceptors (Lipinski definition) is 4. The maximum atomic E-state index is 14.2. The van der Waals surface area contributed by atoms with Crippen LogP contribution in [0.1, 0.15) is 38.4 Å². The second kappa shape index (κ2) is 10.7. The van der Waals surface area contributed by atoms with Crippen LogP contribution in [0.2, 0.25) is 0 Å². The minimum Gasteiger partial charge on any atom is -0.454 e. The Balaban J connectivity index is 2.11. The molecule has 0 aromatic heterocycles. The van der Waals surface area contributed by atoms with Gasteiger partial charge in [0, 0.05) is 17.4 Å². The van der Waals surface area contributed by atoms with Gasteiger partial charge < -0.3 is 9.47 Å². The van der Waals surface area contributed by atoms with Crippen molar-refractivity contribution in [2.24, 2.45) is 5.41 Å². The summed E-state index contributed by atoms with van der Waals surface area (Å²) < 4.78 is 23.4. The molecule has 31 heavy (non-hydrogen) atoms. The molecule has 0 heterocycles. The minimum atomic E-state index is -1.56. The Hall–Kier alpha value is -1.71. The molecule has 0 radical (unpaired) electrons. The number of carbonyl (C=O) groups excluding carboxylic acids is 1. The molecule has 0 saturated carbocycles. The van der Waals surface area contributed by atoms with Gasteiger partial charge in [0.15, 0.2) is 15.4 Å². The van der Waals surface area contributed by atoms with E-state index in [9.17, 15) is 14.4 Å². The summed E-state index contributed by atoms with van der Waals surface area (Å²) in [6.45, 7) is 3.46. The zero-order valence-electron chi connectivity index (χ0n) is 16.7. The normalized spacial score (nSPS) is 13.7. The molecule has 4 nitrogen and oxygen atoms in total. The predicted molar refractivity (Wildman–Crippen MR) is 120 cm³/mol. The van der Waals surface area contributed by atoms with Crippen molar-refractivity contribution in [3.63, 3.8) is 0 Å². The van der Waals surface area contributed by atoms with Crippen LogP contribution in [0, 0.1) is 22.6 Å². The number of para-hydroxylation sites is 1. The molecule has 2 atom stereocenters. The van der Waals surface area contributed by atoms with E-state index in [0.717, 1.165) is 6.07 Å². The zero-order valence-corrected chi connectivity index (χ0v) is 19.8. The summed E-state index contributed by atoms with van der Waals surface area (Å²) in [6, 6.07) is 14.3. The molecular weight excluding hydrogens is 487 g/mol. The highest BCUT2D eigenvalue weighted by Gasteiger charge is 2.37. The second-order valence-electron chi connectivity index (χ2n) is 7.56. The van der Waals surface area contributed by atoms with E-state index in [1.807, 2.05) is 6.07 Å². The molecule has 0 spiro atoms. The van der Waals surface area contributed by atoms with Crippen molar-refractivity contribution in [2.75, 3.05) is 0 Å². The van der Waals surface area contributed by atoms with Crippen LogP contribution in [0.5, 0.6) is 11.5 Å². The molecule has 2 aromatic carbocycles. The molecule has 166 valence electrons. The molecule has 0 bridgehead atoms. The number of hydrogen-bond donors (Lipinski definition) is 0. The van der Waals surface area contributed by atoms with E-state index in [0.29, 0.717) is 5.75 Å². The van der Waals surface area contributed by atoms with Gasteiger partial charge in [-0.1, -0.05) is 72.9 Å². The van der Waals surface area contributed by atoms with Crippen LogP contribution in [0.4, 0.5) is 4.39 Å². The topological polar surface area (TPSA) is 59.3 Å². The molecule has 0 N–H and O–H groups in total. The van der Waals surface area contributed by atoms with Gasteiger partial charge in [0.25, 0.3) is 0 Å². The summed E-state index contributed by atoms with van der Waals surface area (Å²) in [5, 5.41) is 8.86. The van der Waals surface area contributed by atoms with Gasteiger partial charge in [-0.2, -0.15) is 5.26 Å². The average molecular weight is 507 g/mol. The summed E-state index contributed by atoms with van der Waals surface area (Å²) in [7, 11) is 0. The fourth-order valence-corrected chi connectivity index (χ4v) is 3.69. The fraction of sp³-hybridized carbons (Fsp3) is 0.364.